The molecule has 0 aliphatic carbocycles. The molecule has 0 aromatic carbocycles. The largest absolute Gasteiger partial charge is 0.480 e. The molecule has 1 N–H and O–H groups in total. The molecule has 3 rings (SSSR count). The van der Waals surface area contributed by atoms with E-state index in [1.165, 1.54) is 15.3 Å². The highest BCUT2D eigenvalue weighted by Crippen LogP contribution is 2.33. The van der Waals surface area contributed by atoms with Crippen molar-refractivity contribution < 1.29 is 19.4 Å². The molecule has 1 saturated heterocycles. The Balaban J connectivity index is 1.80. The van der Waals surface area contributed by atoms with Gasteiger partial charge in [-0.15, -0.1) is 11.3 Å². The van der Waals surface area contributed by atoms with E-state index in [0.29, 0.717) is 19.7 Å². The number of hydrogen-bond donors (Lipinski definition) is 1. The molecule has 3 heterocycles. The standard InChI is InChI=1S/C14H18N2O4S/c1-9-10-3-7-21-12(10)2-4-15(9)14(19)16-5-6-20-8-11(16)13(17)18/h3,7,9,11H,2,4-6,8H2,1H3,(H,17,18). The summed E-state index contributed by atoms with van der Waals surface area (Å²) in [5.74, 6) is -1.01. The molecule has 0 radical (unpaired) electrons. The number of morpholine rings is 1. The highest BCUT2D eigenvalue weighted by atomic mass is 32.1. The third kappa shape index (κ3) is 2.51. The van der Waals surface area contributed by atoms with E-state index in [1.54, 1.807) is 16.2 Å². The van der Waals surface area contributed by atoms with Gasteiger partial charge in [0.2, 0.25) is 0 Å². The van der Waals surface area contributed by atoms with Crippen molar-refractivity contribution in [2.45, 2.75) is 25.4 Å². The molecular formula is C14H18N2O4S. The number of carboxylic acid groups (broad SMARTS) is 1. The predicted molar refractivity (Wildman–Crippen MR) is 77.5 cm³/mol. The van der Waals surface area contributed by atoms with Crippen LogP contribution in [0.3, 0.4) is 0 Å². The van der Waals surface area contributed by atoms with Crippen LogP contribution < -0.4 is 0 Å². The molecule has 1 aromatic heterocycles. The number of carbonyl (C=O) groups excluding carboxylic acids is 1. The molecular weight excluding hydrogens is 292 g/mol. The van der Waals surface area contributed by atoms with Crippen molar-refractivity contribution in [3.8, 4) is 0 Å². The summed E-state index contributed by atoms with van der Waals surface area (Å²) in [5, 5.41) is 11.3. The van der Waals surface area contributed by atoms with Crippen molar-refractivity contribution in [3.05, 3.63) is 21.9 Å². The molecule has 1 fully saturated rings. The topological polar surface area (TPSA) is 70.1 Å². The van der Waals surface area contributed by atoms with E-state index in [2.05, 4.69) is 6.07 Å². The fourth-order valence-corrected chi connectivity index (χ4v) is 3.94. The number of aliphatic carboxylic acids is 1. The van der Waals surface area contributed by atoms with Gasteiger partial charge in [0.25, 0.3) is 0 Å². The molecule has 21 heavy (non-hydrogen) atoms. The second kappa shape index (κ2) is 5.65. The molecule has 0 saturated carbocycles. The summed E-state index contributed by atoms with van der Waals surface area (Å²) in [6.45, 7) is 3.42. The molecule has 7 heteroatoms. The van der Waals surface area contributed by atoms with Gasteiger partial charge in [0.1, 0.15) is 0 Å². The lowest BCUT2D eigenvalue weighted by Gasteiger charge is -2.40. The average molecular weight is 310 g/mol. The maximum Gasteiger partial charge on any atom is 0.328 e. The lowest BCUT2D eigenvalue weighted by atomic mass is 10.0. The number of thiophene rings is 1. The monoisotopic (exact) mass is 310 g/mol. The minimum absolute atomic E-state index is 0.00945. The Bertz CT molecular complexity index is 559. The van der Waals surface area contributed by atoms with Gasteiger partial charge in [-0.2, -0.15) is 0 Å². The van der Waals surface area contributed by atoms with Crippen LogP contribution in [0.1, 0.15) is 23.4 Å². The summed E-state index contributed by atoms with van der Waals surface area (Å²) in [4.78, 5) is 28.6. The minimum Gasteiger partial charge on any atom is -0.480 e. The second-order valence-corrected chi connectivity index (χ2v) is 6.32. The Morgan fingerprint density at radius 2 is 2.19 bits per heavy atom. The number of urea groups is 1. The number of fused-ring (bicyclic) bond motifs is 1. The van der Waals surface area contributed by atoms with Crippen LogP contribution in [0, 0.1) is 0 Å². The Morgan fingerprint density at radius 1 is 1.38 bits per heavy atom. The fraction of sp³-hybridized carbons (Fsp3) is 0.571. The molecule has 0 bridgehead atoms. The van der Waals surface area contributed by atoms with Crippen LogP contribution in [0.5, 0.6) is 0 Å². The van der Waals surface area contributed by atoms with E-state index in [1.807, 2.05) is 12.3 Å². The Morgan fingerprint density at radius 3 is 2.95 bits per heavy atom. The fourth-order valence-electron chi connectivity index (χ4n) is 2.97. The van der Waals surface area contributed by atoms with Gasteiger partial charge in [0.05, 0.1) is 19.3 Å². The van der Waals surface area contributed by atoms with Gasteiger partial charge in [-0.3, -0.25) is 0 Å². The van der Waals surface area contributed by atoms with Gasteiger partial charge >= 0.3 is 12.0 Å². The van der Waals surface area contributed by atoms with Crippen LogP contribution in [0.15, 0.2) is 11.4 Å². The molecule has 2 aliphatic heterocycles. The van der Waals surface area contributed by atoms with Crippen molar-refractivity contribution in [1.82, 2.24) is 9.80 Å². The third-order valence-corrected chi connectivity index (χ3v) is 5.18. The van der Waals surface area contributed by atoms with E-state index < -0.39 is 12.0 Å². The number of carboxylic acids is 1. The zero-order chi connectivity index (χ0) is 15.0. The van der Waals surface area contributed by atoms with E-state index in [0.717, 1.165) is 6.42 Å². The molecule has 2 amide bonds. The van der Waals surface area contributed by atoms with Crippen molar-refractivity contribution in [2.24, 2.45) is 0 Å². The summed E-state index contributed by atoms with van der Waals surface area (Å²) in [5.41, 5.74) is 1.18. The summed E-state index contributed by atoms with van der Waals surface area (Å²) >= 11 is 1.72. The number of nitrogens with zero attached hydrogens (tertiary/aromatic N) is 2. The third-order valence-electron chi connectivity index (χ3n) is 4.18. The Hall–Kier alpha value is -1.60. The van der Waals surface area contributed by atoms with E-state index in [9.17, 15) is 14.7 Å². The number of ether oxygens (including phenoxy) is 1. The van der Waals surface area contributed by atoms with Gasteiger partial charge < -0.3 is 19.6 Å². The van der Waals surface area contributed by atoms with Gasteiger partial charge in [0.15, 0.2) is 6.04 Å². The first-order valence-electron chi connectivity index (χ1n) is 7.03. The summed E-state index contributed by atoms with van der Waals surface area (Å²) in [7, 11) is 0. The van der Waals surface area contributed by atoms with E-state index >= 15 is 0 Å². The number of rotatable bonds is 1. The molecule has 1 aromatic rings. The molecule has 2 aliphatic rings. The first-order chi connectivity index (χ1) is 10.1. The zero-order valence-electron chi connectivity index (χ0n) is 11.8. The number of carbonyl (C=O) groups is 2. The number of amides is 2. The van der Waals surface area contributed by atoms with Crippen LogP contribution in [-0.2, 0) is 16.0 Å². The Kier molecular flexibility index (Phi) is 3.86. The summed E-state index contributed by atoms with van der Waals surface area (Å²) < 4.78 is 5.19. The average Bonchev–Trinajstić information content (AvgIpc) is 2.96. The van der Waals surface area contributed by atoms with Crippen LogP contribution in [0.4, 0.5) is 4.79 Å². The molecule has 0 spiro atoms. The van der Waals surface area contributed by atoms with Gasteiger partial charge in [0, 0.05) is 18.0 Å². The first-order valence-corrected chi connectivity index (χ1v) is 7.91. The number of hydrogen-bond acceptors (Lipinski definition) is 4. The second-order valence-electron chi connectivity index (χ2n) is 5.32. The summed E-state index contributed by atoms with van der Waals surface area (Å²) in [6, 6.07) is 0.958. The maximum atomic E-state index is 12.7. The van der Waals surface area contributed by atoms with Gasteiger partial charge in [-0.1, -0.05) is 0 Å². The van der Waals surface area contributed by atoms with Gasteiger partial charge in [-0.25, -0.2) is 9.59 Å². The van der Waals surface area contributed by atoms with Gasteiger partial charge in [-0.05, 0) is 30.4 Å². The van der Waals surface area contributed by atoms with Crippen molar-refractivity contribution in [2.75, 3.05) is 26.3 Å². The smallest absolute Gasteiger partial charge is 0.328 e. The molecule has 2 atom stereocenters. The van der Waals surface area contributed by atoms with Crippen LogP contribution >= 0.6 is 11.3 Å². The van der Waals surface area contributed by atoms with Crippen molar-refractivity contribution in [1.29, 1.82) is 0 Å². The Labute approximate surface area is 126 Å². The summed E-state index contributed by atoms with van der Waals surface area (Å²) in [6.07, 6.45) is 0.838. The minimum atomic E-state index is -1.01. The highest BCUT2D eigenvalue weighted by Gasteiger charge is 2.38. The van der Waals surface area contributed by atoms with Crippen LogP contribution in [-0.4, -0.2) is 59.3 Å². The first kappa shape index (κ1) is 14.3. The lowest BCUT2D eigenvalue weighted by Crippen LogP contribution is -2.57. The normalized spacial score (nSPS) is 25.6. The van der Waals surface area contributed by atoms with E-state index in [4.69, 9.17) is 4.74 Å². The maximum absolute atomic E-state index is 12.7. The van der Waals surface area contributed by atoms with Crippen LogP contribution in [0.25, 0.3) is 0 Å². The quantitative estimate of drug-likeness (QED) is 0.855. The lowest BCUT2D eigenvalue weighted by molar-refractivity contribution is -0.147. The molecule has 6 nitrogen and oxygen atoms in total. The van der Waals surface area contributed by atoms with Crippen molar-refractivity contribution in [3.63, 3.8) is 0 Å². The molecule has 114 valence electrons. The van der Waals surface area contributed by atoms with Crippen LogP contribution in [0.2, 0.25) is 0 Å². The molecule has 2 unspecified atom stereocenters. The van der Waals surface area contributed by atoms with E-state index in [-0.39, 0.29) is 18.7 Å². The zero-order valence-corrected chi connectivity index (χ0v) is 12.6. The SMILES string of the molecule is CC1c2ccsc2CCN1C(=O)N1CCOCC1C(=O)O. The van der Waals surface area contributed by atoms with Crippen molar-refractivity contribution >= 4 is 23.3 Å². The predicted octanol–water partition coefficient (Wildman–Crippen LogP) is 1.57. The highest BCUT2D eigenvalue weighted by molar-refractivity contribution is 7.10.